The summed E-state index contributed by atoms with van der Waals surface area (Å²) in [5.41, 5.74) is 0. The van der Waals surface area contributed by atoms with Gasteiger partial charge >= 0.3 is 0 Å². The first kappa shape index (κ1) is 15.6. The van der Waals surface area contributed by atoms with Gasteiger partial charge in [0.05, 0.1) is 24.8 Å². The molecule has 0 saturated carbocycles. The molecule has 3 unspecified atom stereocenters. The number of fused-ring (bicyclic) bond motifs is 2. The van der Waals surface area contributed by atoms with Crippen LogP contribution in [0.2, 0.25) is 0 Å². The highest BCUT2D eigenvalue weighted by Crippen LogP contribution is 2.34. The van der Waals surface area contributed by atoms with E-state index in [2.05, 4.69) is 22.5 Å². The van der Waals surface area contributed by atoms with Crippen LogP contribution in [0.4, 0.5) is 0 Å². The summed E-state index contributed by atoms with van der Waals surface area (Å²) in [6.07, 6.45) is 6.97. The monoisotopic (exact) mass is 308 g/mol. The molecule has 3 rings (SSSR count). The minimum atomic E-state index is 0.236. The van der Waals surface area contributed by atoms with Crippen molar-refractivity contribution in [1.29, 1.82) is 0 Å². The lowest BCUT2D eigenvalue weighted by Crippen LogP contribution is -2.47. The van der Waals surface area contributed by atoms with E-state index < -0.39 is 0 Å². The van der Waals surface area contributed by atoms with E-state index in [1.54, 1.807) is 0 Å². The molecule has 3 atom stereocenters. The number of nitrogens with one attached hydrogen (secondary N) is 2. The molecular weight excluding hydrogens is 280 g/mol. The Kier molecular flexibility index (Phi) is 5.18. The van der Waals surface area contributed by atoms with Crippen molar-refractivity contribution in [3.63, 3.8) is 0 Å². The van der Waals surface area contributed by atoms with E-state index in [1.165, 1.54) is 6.42 Å². The van der Waals surface area contributed by atoms with Gasteiger partial charge in [-0.1, -0.05) is 0 Å². The molecule has 3 saturated heterocycles. The van der Waals surface area contributed by atoms with Crippen molar-refractivity contribution in [2.75, 3.05) is 26.2 Å². The SMILES string of the molecule is CCNC(=NCCC(=O)N1CCCC1)NC1CC2CCC1O2. The summed E-state index contributed by atoms with van der Waals surface area (Å²) in [6.45, 7) is 5.27. The maximum Gasteiger partial charge on any atom is 0.224 e. The highest BCUT2D eigenvalue weighted by Gasteiger charge is 2.41. The highest BCUT2D eigenvalue weighted by molar-refractivity contribution is 5.81. The molecule has 3 aliphatic rings. The number of amides is 1. The standard InChI is InChI=1S/C16H28N4O2/c1-2-17-16(19-13-11-12-5-6-14(13)22-12)18-8-7-15(21)20-9-3-4-10-20/h12-14H,2-11H2,1H3,(H2,17,18,19). The van der Waals surface area contributed by atoms with Gasteiger partial charge in [0, 0.05) is 26.1 Å². The van der Waals surface area contributed by atoms with Crippen LogP contribution in [0.25, 0.3) is 0 Å². The summed E-state index contributed by atoms with van der Waals surface area (Å²) < 4.78 is 5.87. The number of carbonyl (C=O) groups is 1. The Bertz CT molecular complexity index is 420. The van der Waals surface area contributed by atoms with E-state index in [0.29, 0.717) is 31.2 Å². The number of likely N-dealkylation sites (tertiary alicyclic amines) is 1. The van der Waals surface area contributed by atoms with Gasteiger partial charge < -0.3 is 20.3 Å². The second-order valence-electron chi connectivity index (χ2n) is 6.46. The third-order valence-corrected chi connectivity index (χ3v) is 4.83. The molecule has 3 heterocycles. The molecule has 3 fully saturated rings. The summed E-state index contributed by atoms with van der Waals surface area (Å²) in [5.74, 6) is 1.05. The molecule has 3 aliphatic heterocycles. The Balaban J connectivity index is 1.46. The maximum atomic E-state index is 12.0. The van der Waals surface area contributed by atoms with Gasteiger partial charge in [-0.2, -0.15) is 0 Å². The zero-order chi connectivity index (χ0) is 15.4. The van der Waals surface area contributed by atoms with E-state index in [1.807, 2.05) is 4.90 Å². The number of hydrogen-bond acceptors (Lipinski definition) is 3. The third-order valence-electron chi connectivity index (χ3n) is 4.83. The number of guanidine groups is 1. The topological polar surface area (TPSA) is 66.0 Å². The van der Waals surface area contributed by atoms with Crippen molar-refractivity contribution in [3.8, 4) is 0 Å². The normalized spacial score (nSPS) is 30.9. The lowest BCUT2D eigenvalue weighted by Gasteiger charge is -2.22. The van der Waals surface area contributed by atoms with Crippen molar-refractivity contribution in [3.05, 3.63) is 0 Å². The van der Waals surface area contributed by atoms with E-state index >= 15 is 0 Å². The molecule has 2 bridgehead atoms. The van der Waals surface area contributed by atoms with Gasteiger partial charge in [0.15, 0.2) is 5.96 Å². The molecule has 6 heteroatoms. The van der Waals surface area contributed by atoms with Crippen LogP contribution in [0.15, 0.2) is 4.99 Å². The average Bonchev–Trinajstić information content (AvgIpc) is 3.25. The lowest BCUT2D eigenvalue weighted by atomic mass is 9.96. The third kappa shape index (κ3) is 3.72. The predicted molar refractivity (Wildman–Crippen MR) is 85.8 cm³/mol. The van der Waals surface area contributed by atoms with Crippen LogP contribution in [0.1, 0.15) is 45.4 Å². The van der Waals surface area contributed by atoms with Gasteiger partial charge in [0.1, 0.15) is 0 Å². The summed E-state index contributed by atoms with van der Waals surface area (Å²) in [7, 11) is 0. The highest BCUT2D eigenvalue weighted by atomic mass is 16.5. The minimum Gasteiger partial charge on any atom is -0.373 e. The first-order chi connectivity index (χ1) is 10.8. The van der Waals surface area contributed by atoms with Gasteiger partial charge in [-0.05, 0) is 39.0 Å². The zero-order valence-electron chi connectivity index (χ0n) is 13.5. The fraction of sp³-hybridized carbons (Fsp3) is 0.875. The zero-order valence-corrected chi connectivity index (χ0v) is 13.5. The van der Waals surface area contributed by atoms with Crippen molar-refractivity contribution < 1.29 is 9.53 Å². The van der Waals surface area contributed by atoms with Crippen molar-refractivity contribution >= 4 is 11.9 Å². The Hall–Kier alpha value is -1.30. The van der Waals surface area contributed by atoms with Crippen molar-refractivity contribution in [2.45, 2.75) is 63.7 Å². The Morgan fingerprint density at radius 1 is 1.32 bits per heavy atom. The number of hydrogen-bond donors (Lipinski definition) is 2. The first-order valence-corrected chi connectivity index (χ1v) is 8.74. The van der Waals surface area contributed by atoms with Crippen LogP contribution in [0.5, 0.6) is 0 Å². The molecule has 0 aliphatic carbocycles. The molecule has 1 amide bonds. The van der Waals surface area contributed by atoms with E-state index in [4.69, 9.17) is 4.74 Å². The van der Waals surface area contributed by atoms with Gasteiger partial charge in [-0.15, -0.1) is 0 Å². The van der Waals surface area contributed by atoms with Crippen molar-refractivity contribution in [1.82, 2.24) is 15.5 Å². The molecule has 124 valence electrons. The second-order valence-corrected chi connectivity index (χ2v) is 6.46. The largest absolute Gasteiger partial charge is 0.373 e. The van der Waals surface area contributed by atoms with Gasteiger partial charge in [-0.3, -0.25) is 9.79 Å². The molecule has 22 heavy (non-hydrogen) atoms. The first-order valence-electron chi connectivity index (χ1n) is 8.74. The van der Waals surface area contributed by atoms with E-state index in [-0.39, 0.29) is 5.91 Å². The number of rotatable bonds is 5. The number of aliphatic imine (C=N–C) groups is 1. The quantitative estimate of drug-likeness (QED) is 0.584. The summed E-state index contributed by atoms with van der Waals surface area (Å²) in [5, 5.41) is 6.75. The molecule has 0 aromatic rings. The summed E-state index contributed by atoms with van der Waals surface area (Å²) in [4.78, 5) is 18.6. The molecule has 0 aromatic carbocycles. The molecule has 0 spiro atoms. The van der Waals surface area contributed by atoms with Crippen molar-refractivity contribution in [2.24, 2.45) is 4.99 Å². The fourth-order valence-corrected chi connectivity index (χ4v) is 3.67. The molecule has 2 N–H and O–H groups in total. The molecule has 0 radical (unpaired) electrons. The van der Waals surface area contributed by atoms with E-state index in [0.717, 1.165) is 51.3 Å². The Labute approximate surface area is 132 Å². The number of ether oxygens (including phenoxy) is 1. The van der Waals surface area contributed by atoms with Gasteiger partial charge in [0.2, 0.25) is 5.91 Å². The number of carbonyl (C=O) groups excluding carboxylic acids is 1. The van der Waals surface area contributed by atoms with Crippen LogP contribution < -0.4 is 10.6 Å². The summed E-state index contributed by atoms with van der Waals surface area (Å²) in [6, 6.07) is 0.367. The van der Waals surface area contributed by atoms with Crippen LogP contribution in [0, 0.1) is 0 Å². The average molecular weight is 308 g/mol. The van der Waals surface area contributed by atoms with E-state index in [9.17, 15) is 4.79 Å². The van der Waals surface area contributed by atoms with Gasteiger partial charge in [0.25, 0.3) is 0 Å². The molecular formula is C16H28N4O2. The fourth-order valence-electron chi connectivity index (χ4n) is 3.67. The molecule has 6 nitrogen and oxygen atoms in total. The second kappa shape index (κ2) is 7.31. The predicted octanol–water partition coefficient (Wildman–Crippen LogP) is 0.874. The lowest BCUT2D eigenvalue weighted by molar-refractivity contribution is -0.129. The number of nitrogens with zero attached hydrogens (tertiary/aromatic N) is 2. The maximum absolute atomic E-state index is 12.0. The van der Waals surface area contributed by atoms with Crippen LogP contribution in [-0.2, 0) is 9.53 Å². The van der Waals surface area contributed by atoms with Crippen LogP contribution in [-0.4, -0.2) is 61.2 Å². The summed E-state index contributed by atoms with van der Waals surface area (Å²) >= 11 is 0. The van der Waals surface area contributed by atoms with Crippen LogP contribution in [0.3, 0.4) is 0 Å². The van der Waals surface area contributed by atoms with Crippen LogP contribution >= 0.6 is 0 Å². The Morgan fingerprint density at radius 2 is 2.14 bits per heavy atom. The molecule has 0 aromatic heterocycles. The van der Waals surface area contributed by atoms with Gasteiger partial charge in [-0.25, -0.2) is 0 Å². The Morgan fingerprint density at radius 3 is 2.77 bits per heavy atom. The minimum absolute atomic E-state index is 0.236. The smallest absolute Gasteiger partial charge is 0.224 e.